The van der Waals surface area contributed by atoms with Crippen LogP contribution in [0, 0.1) is 0 Å². The normalized spacial score (nSPS) is 10.6. The van der Waals surface area contributed by atoms with E-state index in [1.54, 1.807) is 13.0 Å². The third kappa shape index (κ3) is 6.53. The third-order valence-corrected chi connectivity index (χ3v) is 2.09. The summed E-state index contributed by atoms with van der Waals surface area (Å²) in [6.07, 6.45) is 3.79. The first kappa shape index (κ1) is 13.5. The van der Waals surface area contributed by atoms with Crippen LogP contribution in [-0.2, 0) is 20.9 Å². The van der Waals surface area contributed by atoms with E-state index in [9.17, 15) is 4.79 Å². The van der Waals surface area contributed by atoms with Crippen molar-refractivity contribution in [3.05, 3.63) is 48.0 Å². The second-order valence-corrected chi connectivity index (χ2v) is 3.56. The number of rotatable bonds is 7. The Morgan fingerprint density at radius 3 is 2.71 bits per heavy atom. The maximum atomic E-state index is 10.9. The minimum atomic E-state index is -0.296. The Balaban J connectivity index is 2.00. The number of allylic oxidation sites excluding steroid dienone is 1. The van der Waals surface area contributed by atoms with Gasteiger partial charge < -0.3 is 9.47 Å². The Hall–Kier alpha value is -1.61. The number of hydrogen-bond acceptors (Lipinski definition) is 3. The van der Waals surface area contributed by atoms with Gasteiger partial charge >= 0.3 is 5.97 Å². The van der Waals surface area contributed by atoms with Gasteiger partial charge in [0.15, 0.2) is 0 Å². The fourth-order valence-electron chi connectivity index (χ4n) is 1.28. The van der Waals surface area contributed by atoms with Gasteiger partial charge in [0, 0.05) is 12.5 Å². The standard InChI is InChI=1S/C14H18O3/c1-2-7-14(15)17-11-6-10-16-12-13-8-4-3-5-9-13/h2-5,7-9H,6,10-12H2,1H3/b7-2+. The molecule has 0 aliphatic heterocycles. The monoisotopic (exact) mass is 234 g/mol. The molecular weight excluding hydrogens is 216 g/mol. The van der Waals surface area contributed by atoms with E-state index >= 15 is 0 Å². The number of benzene rings is 1. The Morgan fingerprint density at radius 2 is 2.00 bits per heavy atom. The van der Waals surface area contributed by atoms with Crippen molar-refractivity contribution in [2.45, 2.75) is 20.0 Å². The van der Waals surface area contributed by atoms with Crippen LogP contribution in [-0.4, -0.2) is 19.2 Å². The smallest absolute Gasteiger partial charge is 0.330 e. The molecule has 0 saturated carbocycles. The molecular formula is C14H18O3. The number of ether oxygens (including phenoxy) is 2. The molecule has 17 heavy (non-hydrogen) atoms. The molecule has 1 rings (SSSR count). The van der Waals surface area contributed by atoms with Crippen molar-refractivity contribution < 1.29 is 14.3 Å². The van der Waals surface area contributed by atoms with Crippen molar-refractivity contribution in [3.8, 4) is 0 Å². The summed E-state index contributed by atoms with van der Waals surface area (Å²) in [6.45, 7) is 3.38. The van der Waals surface area contributed by atoms with Gasteiger partial charge in [-0.3, -0.25) is 0 Å². The molecule has 0 spiro atoms. The number of carbonyl (C=O) groups is 1. The van der Waals surface area contributed by atoms with E-state index in [0.717, 1.165) is 12.0 Å². The van der Waals surface area contributed by atoms with Gasteiger partial charge in [0.1, 0.15) is 0 Å². The molecule has 1 aromatic carbocycles. The molecule has 0 saturated heterocycles. The molecule has 1 aromatic rings. The highest BCUT2D eigenvalue weighted by Crippen LogP contribution is 2.00. The number of carbonyl (C=O) groups excluding carboxylic acids is 1. The topological polar surface area (TPSA) is 35.5 Å². The van der Waals surface area contributed by atoms with Crippen LogP contribution in [0.15, 0.2) is 42.5 Å². The molecule has 0 atom stereocenters. The SMILES string of the molecule is C/C=C/C(=O)OCCCOCc1ccccc1. The van der Waals surface area contributed by atoms with Crippen LogP contribution >= 0.6 is 0 Å². The number of esters is 1. The highest BCUT2D eigenvalue weighted by atomic mass is 16.5. The van der Waals surface area contributed by atoms with Crippen molar-refractivity contribution in [1.82, 2.24) is 0 Å². The van der Waals surface area contributed by atoms with Gasteiger partial charge in [0.05, 0.1) is 19.8 Å². The summed E-state index contributed by atoms with van der Waals surface area (Å²) in [5, 5.41) is 0. The van der Waals surface area contributed by atoms with E-state index < -0.39 is 0 Å². The summed E-state index contributed by atoms with van der Waals surface area (Å²) < 4.78 is 10.4. The maximum absolute atomic E-state index is 10.9. The van der Waals surface area contributed by atoms with Gasteiger partial charge in [-0.15, -0.1) is 0 Å². The zero-order valence-electron chi connectivity index (χ0n) is 10.1. The lowest BCUT2D eigenvalue weighted by Crippen LogP contribution is -2.05. The predicted molar refractivity (Wildman–Crippen MR) is 66.5 cm³/mol. The van der Waals surface area contributed by atoms with Crippen molar-refractivity contribution in [2.24, 2.45) is 0 Å². The van der Waals surface area contributed by atoms with Gasteiger partial charge in [-0.25, -0.2) is 4.79 Å². The first-order valence-corrected chi connectivity index (χ1v) is 5.74. The Morgan fingerprint density at radius 1 is 1.24 bits per heavy atom. The second-order valence-electron chi connectivity index (χ2n) is 3.56. The molecule has 0 N–H and O–H groups in total. The first-order chi connectivity index (χ1) is 8.33. The molecule has 0 heterocycles. The molecule has 0 bridgehead atoms. The average molecular weight is 234 g/mol. The molecule has 0 radical (unpaired) electrons. The Labute approximate surface area is 102 Å². The molecule has 0 aromatic heterocycles. The summed E-state index contributed by atoms with van der Waals surface area (Å²) in [5.74, 6) is -0.296. The van der Waals surface area contributed by atoms with Crippen molar-refractivity contribution in [2.75, 3.05) is 13.2 Å². The molecule has 0 amide bonds. The summed E-state index contributed by atoms with van der Waals surface area (Å²) in [6, 6.07) is 9.98. The molecule has 0 fully saturated rings. The molecule has 0 unspecified atom stereocenters. The average Bonchev–Trinajstić information content (AvgIpc) is 2.35. The fourth-order valence-corrected chi connectivity index (χ4v) is 1.28. The minimum absolute atomic E-state index is 0.296. The molecule has 0 aliphatic carbocycles. The van der Waals surface area contributed by atoms with Crippen LogP contribution in [0.25, 0.3) is 0 Å². The van der Waals surface area contributed by atoms with E-state index in [2.05, 4.69) is 0 Å². The lowest BCUT2D eigenvalue weighted by atomic mass is 10.2. The summed E-state index contributed by atoms with van der Waals surface area (Å²) in [4.78, 5) is 10.9. The van der Waals surface area contributed by atoms with Crippen LogP contribution in [0.5, 0.6) is 0 Å². The second kappa shape index (κ2) is 8.53. The lowest BCUT2D eigenvalue weighted by molar-refractivity contribution is -0.138. The van der Waals surface area contributed by atoms with Crippen LogP contribution in [0.2, 0.25) is 0 Å². The zero-order valence-corrected chi connectivity index (χ0v) is 10.1. The Bertz CT molecular complexity index is 344. The quantitative estimate of drug-likeness (QED) is 0.413. The van der Waals surface area contributed by atoms with Crippen LogP contribution in [0.4, 0.5) is 0 Å². The molecule has 92 valence electrons. The highest BCUT2D eigenvalue weighted by Gasteiger charge is 1.96. The van der Waals surface area contributed by atoms with Crippen LogP contribution < -0.4 is 0 Å². The third-order valence-electron chi connectivity index (χ3n) is 2.09. The van der Waals surface area contributed by atoms with Gasteiger partial charge in [-0.1, -0.05) is 36.4 Å². The largest absolute Gasteiger partial charge is 0.462 e. The van der Waals surface area contributed by atoms with E-state index in [-0.39, 0.29) is 5.97 Å². The zero-order chi connectivity index (χ0) is 12.3. The van der Waals surface area contributed by atoms with E-state index in [1.165, 1.54) is 6.08 Å². The number of hydrogen-bond donors (Lipinski definition) is 0. The molecule has 3 nitrogen and oxygen atoms in total. The van der Waals surface area contributed by atoms with Crippen LogP contribution in [0.1, 0.15) is 18.9 Å². The van der Waals surface area contributed by atoms with E-state index in [4.69, 9.17) is 9.47 Å². The fraction of sp³-hybridized carbons (Fsp3) is 0.357. The molecule has 3 heteroatoms. The van der Waals surface area contributed by atoms with Crippen molar-refractivity contribution in [3.63, 3.8) is 0 Å². The summed E-state index contributed by atoms with van der Waals surface area (Å²) >= 11 is 0. The lowest BCUT2D eigenvalue weighted by Gasteiger charge is -2.04. The first-order valence-electron chi connectivity index (χ1n) is 5.74. The maximum Gasteiger partial charge on any atom is 0.330 e. The van der Waals surface area contributed by atoms with E-state index in [0.29, 0.717) is 19.8 Å². The van der Waals surface area contributed by atoms with Crippen LogP contribution in [0.3, 0.4) is 0 Å². The predicted octanol–water partition coefficient (Wildman–Crippen LogP) is 2.71. The highest BCUT2D eigenvalue weighted by molar-refractivity contribution is 5.81. The molecule has 0 aliphatic rings. The van der Waals surface area contributed by atoms with Gasteiger partial charge in [0.2, 0.25) is 0 Å². The van der Waals surface area contributed by atoms with Gasteiger partial charge in [-0.2, -0.15) is 0 Å². The Kier molecular flexibility index (Phi) is 6.75. The minimum Gasteiger partial charge on any atom is -0.462 e. The van der Waals surface area contributed by atoms with Gasteiger partial charge in [0.25, 0.3) is 0 Å². The van der Waals surface area contributed by atoms with Crippen molar-refractivity contribution >= 4 is 5.97 Å². The van der Waals surface area contributed by atoms with Crippen molar-refractivity contribution in [1.29, 1.82) is 0 Å². The summed E-state index contributed by atoms with van der Waals surface area (Å²) in [7, 11) is 0. The van der Waals surface area contributed by atoms with E-state index in [1.807, 2.05) is 30.3 Å². The summed E-state index contributed by atoms with van der Waals surface area (Å²) in [5.41, 5.74) is 1.15. The van der Waals surface area contributed by atoms with Gasteiger partial charge in [-0.05, 0) is 12.5 Å².